The third-order valence-corrected chi connectivity index (χ3v) is 5.40. The van der Waals surface area contributed by atoms with Crippen LogP contribution >= 0.6 is 0 Å². The summed E-state index contributed by atoms with van der Waals surface area (Å²) >= 11 is 0. The maximum absolute atomic E-state index is 14.3. The maximum atomic E-state index is 14.3. The molecule has 5 rings (SSSR count). The first-order valence-corrected chi connectivity index (χ1v) is 10.1. The highest BCUT2D eigenvalue weighted by molar-refractivity contribution is 6.03. The Morgan fingerprint density at radius 2 is 1.97 bits per heavy atom. The average Bonchev–Trinajstić information content (AvgIpc) is 3.40. The molecular weight excluding hydrogens is 419 g/mol. The van der Waals surface area contributed by atoms with Gasteiger partial charge in [-0.15, -0.1) is 5.10 Å². The van der Waals surface area contributed by atoms with Gasteiger partial charge in [-0.3, -0.25) is 9.59 Å². The average molecular weight is 438 g/mol. The van der Waals surface area contributed by atoms with Crippen molar-refractivity contribution < 1.29 is 23.5 Å². The van der Waals surface area contributed by atoms with Gasteiger partial charge in [0.15, 0.2) is 17.3 Å². The van der Waals surface area contributed by atoms with E-state index in [9.17, 15) is 14.0 Å². The first-order valence-electron chi connectivity index (χ1n) is 10.1. The van der Waals surface area contributed by atoms with E-state index < -0.39 is 11.7 Å². The van der Waals surface area contributed by atoms with Crippen molar-refractivity contribution in [3.63, 3.8) is 0 Å². The number of tetrazole rings is 1. The Labute approximate surface area is 181 Å². The number of anilines is 2. The number of nitrogens with one attached hydrogen (secondary N) is 1. The Bertz CT molecular complexity index is 1210. The van der Waals surface area contributed by atoms with Crippen molar-refractivity contribution in [3.05, 3.63) is 48.0 Å². The van der Waals surface area contributed by atoms with Gasteiger partial charge < -0.3 is 19.7 Å². The second kappa shape index (κ2) is 7.91. The molecule has 3 heterocycles. The van der Waals surface area contributed by atoms with Gasteiger partial charge in [0.05, 0.1) is 5.92 Å². The molecule has 1 fully saturated rings. The van der Waals surface area contributed by atoms with Crippen LogP contribution in [0, 0.1) is 18.7 Å². The van der Waals surface area contributed by atoms with Gasteiger partial charge in [0.25, 0.3) is 0 Å². The number of benzene rings is 2. The third kappa shape index (κ3) is 3.61. The minimum Gasteiger partial charge on any atom is -0.486 e. The lowest BCUT2D eigenvalue weighted by Gasteiger charge is -2.22. The summed E-state index contributed by atoms with van der Waals surface area (Å²) in [5.41, 5.74) is 1.14. The van der Waals surface area contributed by atoms with E-state index in [1.807, 2.05) is 0 Å². The molecule has 0 aliphatic carbocycles. The van der Waals surface area contributed by atoms with Crippen LogP contribution in [-0.2, 0) is 9.59 Å². The molecule has 2 aliphatic heterocycles. The molecule has 2 aromatic carbocycles. The maximum Gasteiger partial charge on any atom is 0.229 e. The van der Waals surface area contributed by atoms with Crippen LogP contribution in [0.25, 0.3) is 5.69 Å². The van der Waals surface area contributed by atoms with Crippen LogP contribution in [0.3, 0.4) is 0 Å². The van der Waals surface area contributed by atoms with E-state index in [0.717, 1.165) is 0 Å². The zero-order valence-corrected chi connectivity index (χ0v) is 17.1. The number of rotatable bonds is 4. The summed E-state index contributed by atoms with van der Waals surface area (Å²) in [5.74, 6) is 0.0365. The van der Waals surface area contributed by atoms with Gasteiger partial charge in [0.2, 0.25) is 11.8 Å². The number of nitrogens with zero attached hydrogens (tertiary/aromatic N) is 5. The fourth-order valence-electron chi connectivity index (χ4n) is 3.78. The fourth-order valence-corrected chi connectivity index (χ4v) is 3.78. The molecule has 1 N–H and O–H groups in total. The van der Waals surface area contributed by atoms with Gasteiger partial charge in [-0.25, -0.2) is 4.39 Å². The summed E-state index contributed by atoms with van der Waals surface area (Å²) < 4.78 is 26.6. The predicted octanol–water partition coefficient (Wildman–Crippen LogP) is 1.87. The van der Waals surface area contributed by atoms with Crippen LogP contribution in [0.2, 0.25) is 0 Å². The number of carbonyl (C=O) groups excluding carboxylic acids is 2. The summed E-state index contributed by atoms with van der Waals surface area (Å²) in [6.07, 6.45) is 0.0699. The molecule has 2 aliphatic rings. The quantitative estimate of drug-likeness (QED) is 0.662. The van der Waals surface area contributed by atoms with E-state index >= 15 is 0 Å². The summed E-state index contributed by atoms with van der Waals surface area (Å²) in [6, 6.07) is 9.40. The number of fused-ring (bicyclic) bond motifs is 1. The van der Waals surface area contributed by atoms with Gasteiger partial charge in [-0.2, -0.15) is 4.68 Å². The topological polar surface area (TPSA) is 111 Å². The summed E-state index contributed by atoms with van der Waals surface area (Å²) in [5, 5.41) is 13.8. The van der Waals surface area contributed by atoms with Crippen molar-refractivity contribution in [1.29, 1.82) is 0 Å². The largest absolute Gasteiger partial charge is 0.486 e. The Balaban J connectivity index is 1.31. The SMILES string of the molecule is Cc1nnnn1-c1cc(NC(=O)C2CC(=O)N(c3ccc4c(c3)OCCO4)C2)ccc1F. The lowest BCUT2D eigenvalue weighted by atomic mass is 10.1. The molecule has 2 amide bonds. The molecule has 164 valence electrons. The third-order valence-electron chi connectivity index (χ3n) is 5.40. The first-order chi connectivity index (χ1) is 15.5. The van der Waals surface area contributed by atoms with Crippen molar-refractivity contribution in [3.8, 4) is 17.2 Å². The van der Waals surface area contributed by atoms with Gasteiger partial charge in [0, 0.05) is 30.4 Å². The number of amides is 2. The van der Waals surface area contributed by atoms with Crippen LogP contribution < -0.4 is 19.7 Å². The summed E-state index contributed by atoms with van der Waals surface area (Å²) in [6.45, 7) is 2.79. The van der Waals surface area contributed by atoms with Gasteiger partial charge in [0.1, 0.15) is 24.7 Å². The molecule has 1 aromatic heterocycles. The number of halogens is 1. The van der Waals surface area contributed by atoms with Crippen LogP contribution in [0.5, 0.6) is 11.5 Å². The molecule has 32 heavy (non-hydrogen) atoms. The van der Waals surface area contributed by atoms with Gasteiger partial charge in [-0.05, 0) is 47.7 Å². The lowest BCUT2D eigenvalue weighted by molar-refractivity contribution is -0.122. The second-order valence-electron chi connectivity index (χ2n) is 7.53. The van der Waals surface area contributed by atoms with Crippen LogP contribution in [0.4, 0.5) is 15.8 Å². The molecule has 1 atom stereocenters. The van der Waals surface area contributed by atoms with E-state index in [0.29, 0.717) is 41.9 Å². The number of ether oxygens (including phenoxy) is 2. The second-order valence-corrected chi connectivity index (χ2v) is 7.53. The lowest BCUT2D eigenvalue weighted by Crippen LogP contribution is -2.28. The minimum absolute atomic E-state index is 0.0699. The van der Waals surface area contributed by atoms with Crippen molar-refractivity contribution in [2.75, 3.05) is 30.0 Å². The first kappa shape index (κ1) is 19.9. The van der Waals surface area contributed by atoms with Crippen LogP contribution in [0.1, 0.15) is 12.2 Å². The van der Waals surface area contributed by atoms with E-state index in [-0.39, 0.29) is 30.5 Å². The van der Waals surface area contributed by atoms with Crippen molar-refractivity contribution in [1.82, 2.24) is 20.2 Å². The van der Waals surface area contributed by atoms with Crippen molar-refractivity contribution >= 4 is 23.2 Å². The van der Waals surface area contributed by atoms with E-state index in [1.54, 1.807) is 30.0 Å². The minimum atomic E-state index is -0.557. The smallest absolute Gasteiger partial charge is 0.229 e. The number of hydrogen-bond donors (Lipinski definition) is 1. The fraction of sp³-hybridized carbons (Fsp3) is 0.286. The molecule has 0 spiro atoms. The molecule has 3 aromatic rings. The Morgan fingerprint density at radius 3 is 2.75 bits per heavy atom. The number of carbonyl (C=O) groups is 2. The zero-order valence-electron chi connectivity index (χ0n) is 17.1. The summed E-state index contributed by atoms with van der Waals surface area (Å²) in [7, 11) is 0. The van der Waals surface area contributed by atoms with Crippen LogP contribution in [0.15, 0.2) is 36.4 Å². The molecule has 0 bridgehead atoms. The molecule has 0 saturated carbocycles. The Morgan fingerprint density at radius 1 is 1.16 bits per heavy atom. The van der Waals surface area contributed by atoms with E-state index in [2.05, 4.69) is 20.8 Å². The highest BCUT2D eigenvalue weighted by Crippen LogP contribution is 2.36. The normalized spacial score (nSPS) is 17.5. The number of hydrogen-bond acceptors (Lipinski definition) is 7. The molecule has 10 nitrogen and oxygen atoms in total. The molecular formula is C21H19FN6O4. The van der Waals surface area contributed by atoms with Crippen molar-refractivity contribution in [2.45, 2.75) is 13.3 Å². The zero-order chi connectivity index (χ0) is 22.2. The molecule has 1 saturated heterocycles. The Kier molecular flexibility index (Phi) is 4.92. The van der Waals surface area contributed by atoms with E-state index in [4.69, 9.17) is 9.47 Å². The van der Waals surface area contributed by atoms with Crippen LogP contribution in [-0.4, -0.2) is 51.8 Å². The highest BCUT2D eigenvalue weighted by atomic mass is 19.1. The van der Waals surface area contributed by atoms with Crippen molar-refractivity contribution in [2.24, 2.45) is 5.92 Å². The van der Waals surface area contributed by atoms with E-state index in [1.165, 1.54) is 22.9 Å². The van der Waals surface area contributed by atoms with Gasteiger partial charge in [-0.1, -0.05) is 0 Å². The summed E-state index contributed by atoms with van der Waals surface area (Å²) in [4.78, 5) is 27.0. The molecule has 1 unspecified atom stereocenters. The molecule has 0 radical (unpaired) electrons. The number of aryl methyl sites for hydroxylation is 1. The molecule has 11 heteroatoms. The monoisotopic (exact) mass is 438 g/mol. The number of aromatic nitrogens is 4. The highest BCUT2D eigenvalue weighted by Gasteiger charge is 2.35. The standard InChI is InChI=1S/C21H19FN6O4/c1-12-24-25-26-28(12)17-9-14(2-4-16(17)22)23-21(30)13-8-20(29)27(11-13)15-3-5-18-19(10-15)32-7-6-31-18/h2-5,9-10,13H,6-8,11H2,1H3,(H,23,30). The van der Waals surface area contributed by atoms with Gasteiger partial charge >= 0.3 is 0 Å². The predicted molar refractivity (Wildman–Crippen MR) is 110 cm³/mol. The Hall–Kier alpha value is -4.02.